The molecule has 0 spiro atoms. The number of imide groups is 2. The largest absolute Gasteiger partial charge is 0.489 e. The first-order chi connectivity index (χ1) is 54.7. The number of benzene rings is 3. The predicted octanol–water partition coefficient (Wildman–Crippen LogP) is 9.03. The van der Waals surface area contributed by atoms with Gasteiger partial charge in [0.05, 0.1) is 75.5 Å². The Hall–Kier alpha value is -10.3. The Balaban J connectivity index is 0.610. The van der Waals surface area contributed by atoms with Crippen LogP contribution >= 0.6 is 33.2 Å². The molecule has 0 bridgehead atoms. The number of rotatable bonds is 33. The van der Waals surface area contributed by atoms with E-state index >= 15 is 0 Å². The van der Waals surface area contributed by atoms with Crippen LogP contribution in [0.5, 0.6) is 5.75 Å². The van der Waals surface area contributed by atoms with Gasteiger partial charge in [-0.1, -0.05) is 64.2 Å². The van der Waals surface area contributed by atoms with E-state index in [-0.39, 0.29) is 150 Å². The zero-order chi connectivity index (χ0) is 81.1. The topological polar surface area (TPSA) is 384 Å². The van der Waals surface area contributed by atoms with E-state index in [0.717, 1.165) is 47.4 Å². The average Bonchev–Trinajstić information content (AvgIpc) is 1.27. The number of halogens is 1. The Morgan fingerprint density at radius 3 is 2.17 bits per heavy atom. The van der Waals surface area contributed by atoms with Gasteiger partial charge in [-0.05, 0) is 152 Å². The molecule has 3 aromatic carbocycles. The molecule has 1 aliphatic carbocycles. The number of nitrogens with zero attached hydrogens (tertiary/aromatic N) is 11. The number of sulfone groups is 1. The van der Waals surface area contributed by atoms with Gasteiger partial charge >= 0.3 is 0 Å². The number of carbonyl (C=O) groups is 9. The van der Waals surface area contributed by atoms with Crippen LogP contribution in [0.3, 0.4) is 0 Å². The summed E-state index contributed by atoms with van der Waals surface area (Å²) in [7, 11) is -0.664. The van der Waals surface area contributed by atoms with Crippen molar-refractivity contribution >= 4 is 153 Å². The number of ketones is 1. The zero-order valence-electron chi connectivity index (χ0n) is 64.8. The standard InChI is InChI=1S/C79H95ClN18O13S3/c1-46(2)111-62-40-55(48(5)39-60(62)88-78-86-43-57(80)72(91-78)87-58-16-10-11-18-63(58)114(109,110)47(3)4)51-25-30-95(31-26-51)68(103)23-24-69(104)96(45-67(102)82-28-27-81-59-17-12-15-54-71(59)77(108)98(75(54)106)61-20-22-65(100)90-74(61)105)36-38-113-112-37-29-83-66(101)44-93-32-34-94(35-33-93)53-19-21-64(84-41-53)89-79-85-42-56-49(6)70(50(7)99)76(107)97(73(56)92-79)52-13-8-9-14-52/h10-12,15-19,21,39-43,46-47,51-52,61,81H,8-9,13-14,20,22-38,44-45H2,1-7H3,(H,82,102)(H,83,101)(H,90,100,105)(H,84,85,89,92)(H2,86,87,88,91). The van der Waals surface area contributed by atoms with E-state index in [4.69, 9.17) is 21.3 Å². The second-order valence-corrected chi connectivity index (χ2v) is 35.0. The highest BCUT2D eigenvalue weighted by atomic mass is 35.5. The highest BCUT2D eigenvalue weighted by molar-refractivity contribution is 8.76. The average molecular weight is 1640 g/mol. The minimum Gasteiger partial charge on any atom is -0.489 e. The molecule has 12 rings (SSSR count). The number of amides is 8. The second kappa shape index (κ2) is 37.3. The predicted molar refractivity (Wildman–Crippen MR) is 438 cm³/mol. The molecule has 1 saturated carbocycles. The summed E-state index contributed by atoms with van der Waals surface area (Å²) in [5.74, 6) is -1.21. The SMILES string of the molecule is CC(=O)c1c(C)c2cnc(Nc3ccc(N4CCN(CC(=O)NCCSSCCN(CC(=O)NCCNc5cccc6c5C(=O)N(C5CCC(=O)NC5=O)C6=O)C(=O)CCC(=O)N5CCC(c6cc(OC(C)C)c(Nc7ncc(Cl)c(Nc8ccccc8S(=O)(=O)C(C)C)n7)cc6C)CC5)CC4)cn3)nc2n(C2CCCC2)c1=O. The van der Waals surface area contributed by atoms with Gasteiger partial charge < -0.3 is 51.3 Å². The van der Waals surface area contributed by atoms with Crippen molar-refractivity contribution in [3.05, 3.63) is 134 Å². The number of pyridine rings is 2. The van der Waals surface area contributed by atoms with Gasteiger partial charge in [-0.3, -0.25) is 67.6 Å². The number of hydrogen-bond acceptors (Lipinski definition) is 26. The normalized spacial score (nSPS) is 16.3. The quantitative estimate of drug-likeness (QED) is 0.00872. The molecule has 8 heterocycles. The number of ether oxygens (including phenoxy) is 1. The Labute approximate surface area is 673 Å². The molecule has 3 saturated heterocycles. The molecule has 35 heteroatoms. The molecule has 1 unspecified atom stereocenters. The number of aromatic nitrogens is 6. The molecule has 1 atom stereocenters. The van der Waals surface area contributed by atoms with E-state index in [9.17, 15) is 56.4 Å². The summed E-state index contributed by atoms with van der Waals surface area (Å²) in [6.45, 7) is 16.4. The number of aryl methyl sites for hydroxylation is 2. The number of carbonyl (C=O) groups excluding carboxylic acids is 9. The lowest BCUT2D eigenvalue weighted by Crippen LogP contribution is -2.54. The number of fused-ring (bicyclic) bond motifs is 2. The minimum atomic E-state index is -3.66. The van der Waals surface area contributed by atoms with E-state index < -0.39 is 50.7 Å². The molecule has 8 amide bonds. The van der Waals surface area contributed by atoms with Gasteiger partial charge in [-0.25, -0.2) is 23.4 Å². The van der Waals surface area contributed by atoms with Crippen LogP contribution in [-0.2, 0) is 38.6 Å². The number of para-hydroxylation sites is 1. The summed E-state index contributed by atoms with van der Waals surface area (Å²) >= 11 is 6.58. The third-order valence-corrected chi connectivity index (χ3v) is 25.8. The van der Waals surface area contributed by atoms with Crippen LogP contribution in [0.25, 0.3) is 11.0 Å². The van der Waals surface area contributed by atoms with E-state index in [1.165, 1.54) is 51.7 Å². The highest BCUT2D eigenvalue weighted by Gasteiger charge is 2.46. The van der Waals surface area contributed by atoms with Crippen molar-refractivity contribution < 1.29 is 56.3 Å². The lowest BCUT2D eigenvalue weighted by Gasteiger charge is -2.35. The van der Waals surface area contributed by atoms with E-state index in [2.05, 4.69) is 67.0 Å². The summed E-state index contributed by atoms with van der Waals surface area (Å²) < 4.78 is 34.6. The number of hydrogen-bond donors (Lipinski definition) is 7. The lowest BCUT2D eigenvalue weighted by atomic mass is 9.86. The summed E-state index contributed by atoms with van der Waals surface area (Å²) in [6.07, 6.45) is 9.33. The maximum atomic E-state index is 14.2. The summed E-state index contributed by atoms with van der Waals surface area (Å²) in [5, 5.41) is 20.9. The number of anilines is 8. The molecule has 4 fully saturated rings. The number of likely N-dealkylation sites (tertiary alicyclic amines) is 1. The zero-order valence-corrected chi connectivity index (χ0v) is 68.0. The first-order valence-corrected chi connectivity index (χ1v) is 42.9. The van der Waals surface area contributed by atoms with Crippen molar-refractivity contribution in [2.75, 3.05) is 116 Å². The molecule has 31 nitrogen and oxygen atoms in total. The molecule has 4 aromatic heterocycles. The first-order valence-electron chi connectivity index (χ1n) is 38.5. The van der Waals surface area contributed by atoms with E-state index in [1.807, 2.05) is 45.0 Å². The monoisotopic (exact) mass is 1630 g/mol. The van der Waals surface area contributed by atoms with Gasteiger partial charge in [0.1, 0.15) is 28.3 Å². The Morgan fingerprint density at radius 1 is 0.728 bits per heavy atom. The summed E-state index contributed by atoms with van der Waals surface area (Å²) in [5.41, 5.74) is 5.23. The van der Waals surface area contributed by atoms with Crippen LogP contribution in [-0.4, -0.2) is 218 Å². The maximum absolute atomic E-state index is 14.2. The fourth-order valence-corrected chi connectivity index (χ4v) is 18.2. The number of nitrogens with one attached hydrogen (secondary N) is 7. The summed E-state index contributed by atoms with van der Waals surface area (Å²) in [6, 6.07) is 17.8. The molecule has 7 N–H and O–H groups in total. The van der Waals surface area contributed by atoms with Crippen LogP contribution < -0.4 is 52.4 Å². The molecular formula is C79H95ClN18O13S3. The number of piperidine rings is 2. The van der Waals surface area contributed by atoms with Crippen molar-refractivity contribution in [2.24, 2.45) is 0 Å². The number of piperazine rings is 1. The highest BCUT2D eigenvalue weighted by Crippen LogP contribution is 2.40. The smallest absolute Gasteiger partial charge is 0.264 e. The maximum Gasteiger partial charge on any atom is 0.264 e. The molecule has 5 aliphatic rings. The van der Waals surface area contributed by atoms with Gasteiger partial charge in [0.2, 0.25) is 47.3 Å². The molecular weight excluding hydrogens is 1540 g/mol. The minimum absolute atomic E-state index is 0.00242. The second-order valence-electron chi connectivity index (χ2n) is 29.4. The number of Topliss-reactive ketones (excluding diaryl/α,β-unsaturated/α-hetero) is 1. The Morgan fingerprint density at radius 2 is 1.45 bits per heavy atom. The van der Waals surface area contributed by atoms with Crippen LogP contribution in [0.2, 0.25) is 5.02 Å². The van der Waals surface area contributed by atoms with Gasteiger partial charge in [-0.2, -0.15) is 9.97 Å². The Kier molecular flexibility index (Phi) is 27.2. The lowest BCUT2D eigenvalue weighted by molar-refractivity contribution is -0.139. The van der Waals surface area contributed by atoms with Gasteiger partial charge in [0.25, 0.3) is 17.4 Å². The van der Waals surface area contributed by atoms with E-state index in [0.29, 0.717) is 115 Å². The van der Waals surface area contributed by atoms with Crippen molar-refractivity contribution in [3.63, 3.8) is 0 Å². The van der Waals surface area contributed by atoms with Crippen molar-refractivity contribution in [1.29, 1.82) is 0 Å². The molecule has 604 valence electrons. The molecule has 7 aromatic rings. The molecule has 4 aliphatic heterocycles. The third-order valence-electron chi connectivity index (χ3n) is 20.9. The third kappa shape index (κ3) is 19.7. The van der Waals surface area contributed by atoms with Crippen LogP contribution in [0.15, 0.2) is 95.0 Å². The van der Waals surface area contributed by atoms with Crippen LogP contribution in [0.4, 0.5) is 46.3 Å². The first kappa shape index (κ1) is 83.1. The molecule has 114 heavy (non-hydrogen) atoms. The van der Waals surface area contributed by atoms with Gasteiger partial charge in [0.15, 0.2) is 21.4 Å². The van der Waals surface area contributed by atoms with Crippen LogP contribution in [0, 0.1) is 13.8 Å². The van der Waals surface area contributed by atoms with Crippen molar-refractivity contribution in [2.45, 2.75) is 147 Å². The van der Waals surface area contributed by atoms with Crippen LogP contribution in [0.1, 0.15) is 159 Å². The fraction of sp³-hybridized carbons (Fsp3) is 0.456. The fourth-order valence-electron chi connectivity index (χ4n) is 15.0. The van der Waals surface area contributed by atoms with E-state index in [1.54, 1.807) is 73.0 Å². The van der Waals surface area contributed by atoms with Crippen molar-refractivity contribution in [3.8, 4) is 5.75 Å². The van der Waals surface area contributed by atoms with Gasteiger partial charge in [-0.15, -0.1) is 0 Å². The van der Waals surface area contributed by atoms with Crippen molar-refractivity contribution in [1.82, 2.24) is 65.0 Å². The Bertz CT molecular complexity index is 5010. The summed E-state index contributed by atoms with van der Waals surface area (Å²) in [4.78, 5) is 165. The van der Waals surface area contributed by atoms with Gasteiger partial charge in [0, 0.05) is 120 Å². The molecule has 0 radical (unpaired) electrons.